The Hall–Kier alpha value is -5.08. The number of aryl methyl sites for hydroxylation is 6. The molecule has 49 heavy (non-hydrogen) atoms. The van der Waals surface area contributed by atoms with Crippen LogP contribution in [0.5, 0.6) is 0 Å². The predicted molar refractivity (Wildman–Crippen MR) is 213 cm³/mol. The van der Waals surface area contributed by atoms with Gasteiger partial charge < -0.3 is 9.80 Å². The molecule has 2 heteroatoms. The molecule has 0 radical (unpaired) electrons. The maximum absolute atomic E-state index is 2.57. The number of benzene rings is 6. The second kappa shape index (κ2) is 12.7. The quantitative estimate of drug-likeness (QED) is 0.132. The molecule has 246 valence electrons. The van der Waals surface area contributed by atoms with Crippen LogP contribution in [0.4, 0.5) is 28.4 Å². The highest BCUT2D eigenvalue weighted by molar-refractivity contribution is 6.22. The second-order valence-electron chi connectivity index (χ2n) is 14.4. The Morgan fingerprint density at radius 1 is 0.449 bits per heavy atom. The molecule has 1 aliphatic rings. The van der Waals surface area contributed by atoms with Crippen molar-refractivity contribution in [2.24, 2.45) is 5.92 Å². The van der Waals surface area contributed by atoms with E-state index in [0.29, 0.717) is 5.92 Å². The molecule has 0 spiro atoms. The molecule has 0 bridgehead atoms. The highest BCUT2D eigenvalue weighted by atomic mass is 15.2. The van der Waals surface area contributed by atoms with Gasteiger partial charge in [0.25, 0.3) is 0 Å². The third kappa shape index (κ3) is 5.74. The van der Waals surface area contributed by atoms with Crippen molar-refractivity contribution >= 4 is 50.0 Å². The lowest BCUT2D eigenvalue weighted by Crippen LogP contribution is -2.22. The van der Waals surface area contributed by atoms with Crippen LogP contribution in [0.2, 0.25) is 0 Å². The first kappa shape index (κ1) is 32.5. The predicted octanol–water partition coefficient (Wildman–Crippen LogP) is 13.7. The zero-order valence-corrected chi connectivity index (χ0v) is 30.6. The van der Waals surface area contributed by atoms with Crippen LogP contribution in [0.25, 0.3) is 21.5 Å². The van der Waals surface area contributed by atoms with E-state index in [0.717, 1.165) is 6.42 Å². The van der Waals surface area contributed by atoms with Gasteiger partial charge >= 0.3 is 0 Å². The summed E-state index contributed by atoms with van der Waals surface area (Å²) in [6.45, 7) is 20.2. The lowest BCUT2D eigenvalue weighted by Gasteiger charge is -2.36. The molecule has 0 amide bonds. The van der Waals surface area contributed by atoms with Crippen LogP contribution < -0.4 is 9.80 Å². The molecular weight excluding hydrogens is 593 g/mol. The molecule has 0 saturated carbocycles. The molecule has 6 aromatic carbocycles. The van der Waals surface area contributed by atoms with Crippen LogP contribution in [-0.4, -0.2) is 0 Å². The number of allylic oxidation sites excluding steroid dienone is 4. The Bertz CT molecular complexity index is 2210. The van der Waals surface area contributed by atoms with Gasteiger partial charge in [-0.15, -0.1) is 0 Å². The summed E-state index contributed by atoms with van der Waals surface area (Å²) in [7, 11) is 0. The number of fused-ring (bicyclic) bond motifs is 2. The van der Waals surface area contributed by atoms with Gasteiger partial charge in [-0.3, -0.25) is 0 Å². The van der Waals surface area contributed by atoms with Crippen LogP contribution in [-0.2, 0) is 0 Å². The zero-order chi connectivity index (χ0) is 34.6. The van der Waals surface area contributed by atoms with E-state index in [1.807, 2.05) is 0 Å². The van der Waals surface area contributed by atoms with E-state index < -0.39 is 0 Å². The average molecular weight is 641 g/mol. The second-order valence-corrected chi connectivity index (χ2v) is 14.4. The summed E-state index contributed by atoms with van der Waals surface area (Å²) in [5.74, 6) is 0.468. The van der Waals surface area contributed by atoms with Crippen molar-refractivity contribution in [1.29, 1.82) is 0 Å². The van der Waals surface area contributed by atoms with Gasteiger partial charge in [-0.05, 0) is 144 Å². The molecule has 7 rings (SSSR count). The molecule has 0 saturated heterocycles. The van der Waals surface area contributed by atoms with E-state index in [1.54, 1.807) is 0 Å². The lowest BCUT2D eigenvalue weighted by molar-refractivity contribution is 0.645. The Balaban J connectivity index is 1.61. The summed E-state index contributed by atoms with van der Waals surface area (Å²) in [4.78, 5) is 5.07. The highest BCUT2D eigenvalue weighted by Gasteiger charge is 2.28. The van der Waals surface area contributed by atoms with Gasteiger partial charge in [-0.1, -0.05) is 84.8 Å². The molecule has 1 aliphatic carbocycles. The summed E-state index contributed by atoms with van der Waals surface area (Å²) in [5, 5.41) is 4.94. The minimum absolute atomic E-state index is 0.468. The fourth-order valence-corrected chi connectivity index (χ4v) is 7.44. The van der Waals surface area contributed by atoms with Gasteiger partial charge in [-0.25, -0.2) is 0 Å². The van der Waals surface area contributed by atoms with E-state index in [9.17, 15) is 0 Å². The van der Waals surface area contributed by atoms with Gasteiger partial charge in [0.15, 0.2) is 0 Å². The number of hydrogen-bond donors (Lipinski definition) is 0. The van der Waals surface area contributed by atoms with Gasteiger partial charge in [-0.2, -0.15) is 0 Å². The number of hydrogen-bond acceptors (Lipinski definition) is 2. The third-order valence-corrected chi connectivity index (χ3v) is 11.1. The molecule has 1 unspecified atom stereocenters. The van der Waals surface area contributed by atoms with Crippen LogP contribution in [0.15, 0.2) is 126 Å². The summed E-state index contributed by atoms with van der Waals surface area (Å²) in [5.41, 5.74) is 17.9. The van der Waals surface area contributed by atoms with Crippen LogP contribution in [0.1, 0.15) is 60.6 Å². The Morgan fingerprint density at radius 2 is 0.816 bits per heavy atom. The fourth-order valence-electron chi connectivity index (χ4n) is 7.44. The van der Waals surface area contributed by atoms with Crippen LogP contribution >= 0.6 is 0 Å². The minimum atomic E-state index is 0.468. The smallest absolute Gasteiger partial charge is 0.0619 e. The molecule has 1 atom stereocenters. The van der Waals surface area contributed by atoms with E-state index in [1.165, 1.54) is 100 Å². The molecule has 6 aromatic rings. The largest absolute Gasteiger partial charge is 0.313 e. The van der Waals surface area contributed by atoms with E-state index >= 15 is 0 Å². The number of rotatable bonds is 6. The van der Waals surface area contributed by atoms with Gasteiger partial charge in [0.1, 0.15) is 0 Å². The highest BCUT2D eigenvalue weighted by Crippen LogP contribution is 2.51. The summed E-state index contributed by atoms with van der Waals surface area (Å²) >= 11 is 0. The Kier molecular flexibility index (Phi) is 8.45. The summed E-state index contributed by atoms with van der Waals surface area (Å²) in [6.07, 6.45) is 3.41. The maximum Gasteiger partial charge on any atom is 0.0619 e. The van der Waals surface area contributed by atoms with Gasteiger partial charge in [0, 0.05) is 44.3 Å². The van der Waals surface area contributed by atoms with E-state index in [-0.39, 0.29) is 0 Å². The SMILES string of the molecule is CC1=C(C)C(C)CC(N(c2ccc(C)c(C)c2)c2c3ccccc3c(N(c3ccc(C)c(C)c3)c3ccc(C)c(C)c3)c3ccccc23)=C1. The first-order valence-corrected chi connectivity index (χ1v) is 17.7. The zero-order valence-electron chi connectivity index (χ0n) is 30.6. The fraction of sp³-hybridized carbons (Fsp3) is 0.234. The number of anilines is 5. The molecular formula is C47H48N2. The van der Waals surface area contributed by atoms with Crippen molar-refractivity contribution in [3.05, 3.63) is 159 Å². The molecule has 0 aliphatic heterocycles. The van der Waals surface area contributed by atoms with Crippen molar-refractivity contribution in [2.45, 2.75) is 68.7 Å². The normalized spacial score (nSPS) is 14.8. The average Bonchev–Trinajstić information content (AvgIpc) is 3.09. The van der Waals surface area contributed by atoms with Crippen molar-refractivity contribution in [3.63, 3.8) is 0 Å². The van der Waals surface area contributed by atoms with E-state index in [2.05, 4.69) is 181 Å². The molecule has 0 N–H and O–H groups in total. The van der Waals surface area contributed by atoms with Gasteiger partial charge in [0.2, 0.25) is 0 Å². The number of nitrogens with zero attached hydrogens (tertiary/aromatic N) is 2. The lowest BCUT2D eigenvalue weighted by atomic mass is 9.86. The van der Waals surface area contributed by atoms with Crippen LogP contribution in [0.3, 0.4) is 0 Å². The van der Waals surface area contributed by atoms with E-state index in [4.69, 9.17) is 0 Å². The minimum Gasteiger partial charge on any atom is -0.313 e. The molecule has 0 aromatic heterocycles. The van der Waals surface area contributed by atoms with Crippen molar-refractivity contribution in [1.82, 2.24) is 0 Å². The Morgan fingerprint density at radius 3 is 1.18 bits per heavy atom. The first-order valence-electron chi connectivity index (χ1n) is 17.7. The third-order valence-electron chi connectivity index (χ3n) is 11.1. The van der Waals surface area contributed by atoms with Gasteiger partial charge in [0.05, 0.1) is 11.4 Å². The molecule has 0 fully saturated rings. The standard InChI is InChI=1S/C47H48N2/c1-29-18-21-38(24-32(29)4)48(39-22-19-30(2)33(5)25-39)46-42-14-10-12-16-44(42)47(45-17-13-11-15-43(45)46)49(40-23-20-31(3)34(6)26-40)41-27-35(7)37(9)36(8)28-41/h10-27,36H,28H2,1-9H3. The first-order chi connectivity index (χ1) is 23.5. The monoisotopic (exact) mass is 640 g/mol. The maximum atomic E-state index is 2.57. The molecule has 0 heterocycles. The summed E-state index contributed by atoms with van der Waals surface area (Å²) in [6, 6.07) is 38.8. The van der Waals surface area contributed by atoms with Crippen LogP contribution in [0, 0.1) is 47.5 Å². The topological polar surface area (TPSA) is 6.48 Å². The van der Waals surface area contributed by atoms with Crippen molar-refractivity contribution < 1.29 is 0 Å². The summed E-state index contributed by atoms with van der Waals surface area (Å²) < 4.78 is 0. The van der Waals surface area contributed by atoms with Crippen molar-refractivity contribution in [3.8, 4) is 0 Å². The molecule has 2 nitrogen and oxygen atoms in total. The van der Waals surface area contributed by atoms with Crippen molar-refractivity contribution in [2.75, 3.05) is 9.80 Å². The Labute approximate surface area is 293 Å².